The Bertz CT molecular complexity index is 559. The van der Waals surface area contributed by atoms with E-state index < -0.39 is 0 Å². The van der Waals surface area contributed by atoms with Gasteiger partial charge in [-0.15, -0.1) is 0 Å². The molecule has 0 aromatic heterocycles. The van der Waals surface area contributed by atoms with Gasteiger partial charge in [-0.05, 0) is 37.6 Å². The van der Waals surface area contributed by atoms with Gasteiger partial charge in [0.2, 0.25) is 0 Å². The Balaban J connectivity index is 2.20. The molecule has 0 saturated carbocycles. The topological polar surface area (TPSA) is 34.0 Å². The molecule has 0 aliphatic heterocycles. The van der Waals surface area contributed by atoms with Gasteiger partial charge in [-0.3, -0.25) is 0 Å². The van der Waals surface area contributed by atoms with Crippen LogP contribution >= 0.6 is 0 Å². The van der Waals surface area contributed by atoms with Crippen LogP contribution in [0.4, 0.5) is 11.4 Å². The van der Waals surface area contributed by atoms with Gasteiger partial charge in [0.05, 0.1) is 18.5 Å². The smallest absolute Gasteiger partial charge is 0.123 e. The molecule has 0 saturated heterocycles. The number of methoxy groups -OCH3 is 1. The molecule has 2 aromatic carbocycles. The number of aryl methyl sites for hydroxylation is 2. The van der Waals surface area contributed by atoms with E-state index in [1.165, 1.54) is 5.56 Å². The zero-order valence-electron chi connectivity index (χ0n) is 10.8. The Morgan fingerprint density at radius 2 is 1.44 bits per heavy atom. The van der Waals surface area contributed by atoms with E-state index in [1.807, 2.05) is 56.3 Å². The van der Waals surface area contributed by atoms with E-state index in [9.17, 15) is 0 Å². The molecule has 0 amide bonds. The molecule has 0 unspecified atom stereocenters. The highest BCUT2D eigenvalue weighted by atomic mass is 16.5. The maximum atomic E-state index is 5.25. The lowest BCUT2D eigenvalue weighted by Crippen LogP contribution is -1.85. The molecule has 18 heavy (non-hydrogen) atoms. The van der Waals surface area contributed by atoms with Gasteiger partial charge in [0.1, 0.15) is 5.75 Å². The van der Waals surface area contributed by atoms with Gasteiger partial charge in [-0.1, -0.05) is 23.8 Å². The number of nitrogens with zero attached hydrogens (tertiary/aromatic N) is 2. The van der Waals surface area contributed by atoms with Crippen LogP contribution in [-0.4, -0.2) is 7.11 Å². The second-order valence-corrected chi connectivity index (χ2v) is 4.19. The van der Waals surface area contributed by atoms with Gasteiger partial charge >= 0.3 is 0 Å². The monoisotopic (exact) mass is 240 g/mol. The van der Waals surface area contributed by atoms with Crippen LogP contribution in [0.15, 0.2) is 52.7 Å². The Kier molecular flexibility index (Phi) is 3.72. The lowest BCUT2D eigenvalue weighted by atomic mass is 10.2. The average molecular weight is 240 g/mol. The Morgan fingerprint density at radius 1 is 0.833 bits per heavy atom. The zero-order chi connectivity index (χ0) is 13.0. The first-order chi connectivity index (χ1) is 8.69. The van der Waals surface area contributed by atoms with Crippen LogP contribution in [0.1, 0.15) is 11.1 Å². The number of benzene rings is 2. The minimum atomic E-state index is 0.790. The minimum absolute atomic E-state index is 0.790. The molecule has 3 nitrogen and oxygen atoms in total. The predicted octanol–water partition coefficient (Wildman–Crippen LogP) is 4.73. The largest absolute Gasteiger partial charge is 0.496 e. The molecule has 0 aliphatic carbocycles. The molecule has 2 rings (SSSR count). The lowest BCUT2D eigenvalue weighted by Gasteiger charge is -2.03. The number of rotatable bonds is 3. The molecular formula is C15H16N2O. The fraction of sp³-hybridized carbons (Fsp3) is 0.200. The molecule has 0 heterocycles. The van der Waals surface area contributed by atoms with E-state index in [0.29, 0.717) is 0 Å². The normalized spacial score (nSPS) is 10.8. The third kappa shape index (κ3) is 2.94. The molecule has 0 N–H and O–H groups in total. The van der Waals surface area contributed by atoms with E-state index in [4.69, 9.17) is 4.74 Å². The Hall–Kier alpha value is -2.16. The standard InChI is InChI=1S/C15H16N2O/c1-11-4-7-13(8-5-11)16-17-14-9-6-12(2)15(10-14)18-3/h4-10H,1-3H3. The van der Waals surface area contributed by atoms with Gasteiger partial charge in [0.15, 0.2) is 0 Å². The summed E-state index contributed by atoms with van der Waals surface area (Å²) >= 11 is 0. The highest BCUT2D eigenvalue weighted by molar-refractivity contribution is 5.48. The van der Waals surface area contributed by atoms with Crippen LogP contribution in [0.2, 0.25) is 0 Å². The fourth-order valence-electron chi connectivity index (χ4n) is 1.60. The van der Waals surface area contributed by atoms with Gasteiger partial charge in [0, 0.05) is 6.07 Å². The van der Waals surface area contributed by atoms with Crippen LogP contribution in [0.25, 0.3) is 0 Å². The summed E-state index contributed by atoms with van der Waals surface area (Å²) in [6, 6.07) is 13.7. The summed E-state index contributed by atoms with van der Waals surface area (Å²) in [5, 5.41) is 8.39. The summed E-state index contributed by atoms with van der Waals surface area (Å²) < 4.78 is 5.25. The fourth-order valence-corrected chi connectivity index (χ4v) is 1.60. The van der Waals surface area contributed by atoms with Crippen molar-refractivity contribution in [2.45, 2.75) is 13.8 Å². The van der Waals surface area contributed by atoms with Crippen molar-refractivity contribution in [2.75, 3.05) is 7.11 Å². The highest BCUT2D eigenvalue weighted by Crippen LogP contribution is 2.25. The number of ether oxygens (including phenoxy) is 1. The summed E-state index contributed by atoms with van der Waals surface area (Å²) in [6.45, 7) is 4.05. The van der Waals surface area contributed by atoms with Gasteiger partial charge < -0.3 is 4.74 Å². The predicted molar refractivity (Wildman–Crippen MR) is 73.1 cm³/mol. The molecule has 0 bridgehead atoms. The van der Waals surface area contributed by atoms with Gasteiger partial charge in [-0.25, -0.2) is 0 Å². The first-order valence-electron chi connectivity index (χ1n) is 5.82. The van der Waals surface area contributed by atoms with Crippen molar-refractivity contribution in [1.82, 2.24) is 0 Å². The molecular weight excluding hydrogens is 224 g/mol. The van der Waals surface area contributed by atoms with Crippen LogP contribution in [-0.2, 0) is 0 Å². The van der Waals surface area contributed by atoms with Crippen molar-refractivity contribution in [2.24, 2.45) is 10.2 Å². The van der Waals surface area contributed by atoms with E-state index in [2.05, 4.69) is 10.2 Å². The lowest BCUT2D eigenvalue weighted by molar-refractivity contribution is 0.412. The molecule has 0 fully saturated rings. The quantitative estimate of drug-likeness (QED) is 0.714. The van der Waals surface area contributed by atoms with Crippen molar-refractivity contribution < 1.29 is 4.74 Å². The summed E-state index contributed by atoms with van der Waals surface area (Å²) in [7, 11) is 1.66. The summed E-state index contributed by atoms with van der Waals surface area (Å²) in [6.07, 6.45) is 0. The third-order valence-corrected chi connectivity index (χ3v) is 2.71. The van der Waals surface area contributed by atoms with Crippen molar-refractivity contribution in [3.8, 4) is 5.75 Å². The van der Waals surface area contributed by atoms with Gasteiger partial charge in [-0.2, -0.15) is 10.2 Å². The maximum Gasteiger partial charge on any atom is 0.123 e. The van der Waals surface area contributed by atoms with Crippen molar-refractivity contribution >= 4 is 11.4 Å². The zero-order valence-corrected chi connectivity index (χ0v) is 10.8. The molecule has 0 radical (unpaired) electrons. The molecule has 0 spiro atoms. The van der Waals surface area contributed by atoms with Crippen molar-refractivity contribution in [3.63, 3.8) is 0 Å². The third-order valence-electron chi connectivity index (χ3n) is 2.71. The number of hydrogen-bond acceptors (Lipinski definition) is 3. The molecule has 0 aliphatic rings. The van der Waals surface area contributed by atoms with E-state index in [0.717, 1.165) is 22.7 Å². The molecule has 0 atom stereocenters. The SMILES string of the molecule is COc1cc(N=Nc2ccc(C)cc2)ccc1C. The van der Waals surface area contributed by atoms with Crippen LogP contribution < -0.4 is 4.74 Å². The van der Waals surface area contributed by atoms with Crippen LogP contribution in [0.5, 0.6) is 5.75 Å². The number of azo groups is 1. The summed E-state index contributed by atoms with van der Waals surface area (Å²) in [5.74, 6) is 0.829. The van der Waals surface area contributed by atoms with Gasteiger partial charge in [0.25, 0.3) is 0 Å². The minimum Gasteiger partial charge on any atom is -0.496 e. The first kappa shape index (κ1) is 12.3. The van der Waals surface area contributed by atoms with E-state index in [-0.39, 0.29) is 0 Å². The number of hydrogen-bond donors (Lipinski definition) is 0. The molecule has 2 aromatic rings. The Morgan fingerprint density at radius 3 is 2.11 bits per heavy atom. The molecule has 3 heteroatoms. The summed E-state index contributed by atoms with van der Waals surface area (Å²) in [4.78, 5) is 0. The van der Waals surface area contributed by atoms with Crippen molar-refractivity contribution in [1.29, 1.82) is 0 Å². The maximum absolute atomic E-state index is 5.25. The van der Waals surface area contributed by atoms with E-state index >= 15 is 0 Å². The average Bonchev–Trinajstić information content (AvgIpc) is 2.39. The second kappa shape index (κ2) is 5.45. The summed E-state index contributed by atoms with van der Waals surface area (Å²) in [5.41, 5.74) is 3.94. The van der Waals surface area contributed by atoms with E-state index in [1.54, 1.807) is 7.11 Å². The van der Waals surface area contributed by atoms with Crippen molar-refractivity contribution in [3.05, 3.63) is 53.6 Å². The first-order valence-corrected chi connectivity index (χ1v) is 5.82. The second-order valence-electron chi connectivity index (χ2n) is 4.19. The molecule has 92 valence electrons. The highest BCUT2D eigenvalue weighted by Gasteiger charge is 1.99. The van der Waals surface area contributed by atoms with Crippen LogP contribution in [0, 0.1) is 13.8 Å². The Labute approximate surface area is 107 Å². The van der Waals surface area contributed by atoms with Crippen LogP contribution in [0.3, 0.4) is 0 Å².